The zero-order valence-corrected chi connectivity index (χ0v) is 16.4. The number of rotatable bonds is 4. The van der Waals surface area contributed by atoms with Crippen LogP contribution in [-0.4, -0.2) is 60.2 Å². The molecule has 0 spiro atoms. The monoisotopic (exact) mass is 383 g/mol. The molecule has 1 saturated heterocycles. The summed E-state index contributed by atoms with van der Waals surface area (Å²) in [6, 6.07) is 7.83. The second-order valence-corrected chi connectivity index (χ2v) is 7.41. The zero-order valence-electron chi connectivity index (χ0n) is 15.7. The van der Waals surface area contributed by atoms with Crippen LogP contribution >= 0.6 is 11.6 Å². The van der Waals surface area contributed by atoms with Crippen LogP contribution in [0.3, 0.4) is 0 Å². The molecule has 3 aromatic rings. The Hall–Kier alpha value is -2.67. The average Bonchev–Trinajstić information content (AvgIpc) is 3.17. The first-order valence-electron chi connectivity index (χ1n) is 8.92. The first-order chi connectivity index (χ1) is 13.0. The van der Waals surface area contributed by atoms with Crippen LogP contribution in [0.4, 0.5) is 17.6 Å². The van der Waals surface area contributed by atoms with Crippen molar-refractivity contribution >= 4 is 40.2 Å². The van der Waals surface area contributed by atoms with Crippen molar-refractivity contribution in [3.63, 3.8) is 0 Å². The summed E-state index contributed by atoms with van der Waals surface area (Å²) < 4.78 is 0. The Kier molecular flexibility index (Phi) is 4.70. The Morgan fingerprint density at radius 3 is 2.74 bits per heavy atom. The van der Waals surface area contributed by atoms with E-state index in [0.717, 1.165) is 48.1 Å². The molecular weight excluding hydrogens is 362 g/mol. The number of hydrogen-bond acceptors (Lipinski definition) is 7. The first kappa shape index (κ1) is 17.7. The molecule has 0 amide bonds. The van der Waals surface area contributed by atoms with Crippen molar-refractivity contribution < 1.29 is 0 Å². The second-order valence-electron chi connectivity index (χ2n) is 6.97. The molecule has 27 heavy (non-hydrogen) atoms. The summed E-state index contributed by atoms with van der Waals surface area (Å²) >= 11 is 6.03. The van der Waals surface area contributed by atoms with Gasteiger partial charge < -0.3 is 14.7 Å². The molecule has 3 heterocycles. The highest BCUT2D eigenvalue weighted by Crippen LogP contribution is 2.25. The van der Waals surface area contributed by atoms with Crippen molar-refractivity contribution in [3.8, 4) is 0 Å². The summed E-state index contributed by atoms with van der Waals surface area (Å²) in [6.45, 7) is 1.79. The van der Waals surface area contributed by atoms with Gasteiger partial charge in [0.15, 0.2) is 0 Å². The highest BCUT2D eigenvalue weighted by Gasteiger charge is 2.28. The standard InChI is InChI=1S/C19H22ClN7/c1-25(2)17-6-8-21-19(24-17)26(3)14-7-9-27(12-14)18-11-22-16-10-13(20)4-5-15(16)23-18/h4-6,8,10-11,14H,7,9,12H2,1-3H3. The fourth-order valence-electron chi connectivity index (χ4n) is 3.31. The minimum absolute atomic E-state index is 0.324. The highest BCUT2D eigenvalue weighted by atomic mass is 35.5. The fraction of sp³-hybridized carbons (Fsp3) is 0.368. The predicted octanol–water partition coefficient (Wildman–Crippen LogP) is 2.85. The van der Waals surface area contributed by atoms with Gasteiger partial charge in [0.2, 0.25) is 5.95 Å². The smallest absolute Gasteiger partial charge is 0.227 e. The quantitative estimate of drug-likeness (QED) is 0.686. The highest BCUT2D eigenvalue weighted by molar-refractivity contribution is 6.31. The molecule has 8 heteroatoms. The van der Waals surface area contributed by atoms with Crippen molar-refractivity contribution in [3.05, 3.63) is 41.7 Å². The van der Waals surface area contributed by atoms with Crippen LogP contribution in [0, 0.1) is 0 Å². The number of benzene rings is 1. The number of anilines is 3. The van der Waals surface area contributed by atoms with Gasteiger partial charge in [0, 0.05) is 45.5 Å². The lowest BCUT2D eigenvalue weighted by Crippen LogP contribution is -2.36. The van der Waals surface area contributed by atoms with Crippen LogP contribution < -0.4 is 14.7 Å². The van der Waals surface area contributed by atoms with Gasteiger partial charge in [0.05, 0.1) is 23.3 Å². The summed E-state index contributed by atoms with van der Waals surface area (Å²) in [5.74, 6) is 2.54. The molecule has 140 valence electrons. The van der Waals surface area contributed by atoms with Crippen LogP contribution in [0.1, 0.15) is 6.42 Å². The maximum absolute atomic E-state index is 6.03. The first-order valence-corrected chi connectivity index (χ1v) is 9.29. The van der Waals surface area contributed by atoms with E-state index in [1.54, 1.807) is 6.20 Å². The summed E-state index contributed by atoms with van der Waals surface area (Å²) in [7, 11) is 6.01. The molecule has 0 saturated carbocycles. The van der Waals surface area contributed by atoms with E-state index in [1.807, 2.05) is 49.5 Å². The van der Waals surface area contributed by atoms with Crippen molar-refractivity contribution in [1.82, 2.24) is 19.9 Å². The van der Waals surface area contributed by atoms with Gasteiger partial charge in [-0.05, 0) is 30.7 Å². The van der Waals surface area contributed by atoms with Crippen LogP contribution in [0.15, 0.2) is 36.7 Å². The van der Waals surface area contributed by atoms with Crippen LogP contribution in [0.25, 0.3) is 11.0 Å². The third-order valence-corrected chi connectivity index (χ3v) is 5.16. The summed E-state index contributed by atoms with van der Waals surface area (Å²) in [6.07, 6.45) is 4.65. The van der Waals surface area contributed by atoms with Crippen molar-refractivity contribution in [1.29, 1.82) is 0 Å². The van der Waals surface area contributed by atoms with Crippen molar-refractivity contribution in [2.45, 2.75) is 12.5 Å². The molecule has 1 aliphatic heterocycles. The number of nitrogens with zero attached hydrogens (tertiary/aromatic N) is 7. The number of hydrogen-bond donors (Lipinski definition) is 0. The summed E-state index contributed by atoms with van der Waals surface area (Å²) in [4.78, 5) is 24.8. The lowest BCUT2D eigenvalue weighted by Gasteiger charge is -2.26. The maximum atomic E-state index is 6.03. The number of aromatic nitrogens is 4. The molecule has 1 atom stereocenters. The third-order valence-electron chi connectivity index (χ3n) is 4.93. The van der Waals surface area contributed by atoms with E-state index in [4.69, 9.17) is 16.6 Å². The van der Waals surface area contributed by atoms with Gasteiger partial charge in [-0.3, -0.25) is 4.98 Å². The van der Waals surface area contributed by atoms with E-state index in [9.17, 15) is 0 Å². The SMILES string of the molecule is CN(C)c1ccnc(N(C)C2CCN(c3cnc4cc(Cl)ccc4n3)C2)n1. The zero-order chi connectivity index (χ0) is 19.0. The van der Waals surface area contributed by atoms with Gasteiger partial charge in [-0.2, -0.15) is 4.98 Å². The molecule has 1 aliphatic rings. The van der Waals surface area contributed by atoms with Gasteiger partial charge in [-0.25, -0.2) is 9.97 Å². The largest absolute Gasteiger partial charge is 0.363 e. The lowest BCUT2D eigenvalue weighted by atomic mass is 10.2. The van der Waals surface area contributed by atoms with Crippen molar-refractivity contribution in [2.24, 2.45) is 0 Å². The number of likely N-dealkylation sites (N-methyl/N-ethyl adjacent to an activating group) is 1. The third kappa shape index (κ3) is 3.60. The van der Waals surface area contributed by atoms with Crippen LogP contribution in [0.5, 0.6) is 0 Å². The van der Waals surface area contributed by atoms with Crippen molar-refractivity contribution in [2.75, 3.05) is 48.9 Å². The molecule has 0 bridgehead atoms. The molecule has 1 unspecified atom stereocenters. The van der Waals surface area contributed by atoms with Crippen LogP contribution in [-0.2, 0) is 0 Å². The van der Waals surface area contributed by atoms with E-state index >= 15 is 0 Å². The van der Waals surface area contributed by atoms with Gasteiger partial charge in [-0.1, -0.05) is 11.6 Å². The lowest BCUT2D eigenvalue weighted by molar-refractivity contribution is 0.673. The minimum Gasteiger partial charge on any atom is -0.363 e. The van der Waals surface area contributed by atoms with Crippen LogP contribution in [0.2, 0.25) is 5.02 Å². The molecule has 1 fully saturated rings. The molecule has 4 rings (SSSR count). The summed E-state index contributed by atoms with van der Waals surface area (Å²) in [5.41, 5.74) is 1.67. The van der Waals surface area contributed by atoms with Gasteiger partial charge in [0.1, 0.15) is 11.6 Å². The molecule has 0 N–H and O–H groups in total. The Morgan fingerprint density at radius 1 is 1.07 bits per heavy atom. The maximum Gasteiger partial charge on any atom is 0.227 e. The molecule has 1 aromatic carbocycles. The van der Waals surface area contributed by atoms with E-state index in [2.05, 4.69) is 31.8 Å². The Bertz CT molecular complexity index is 962. The fourth-order valence-corrected chi connectivity index (χ4v) is 3.48. The van der Waals surface area contributed by atoms with E-state index in [1.165, 1.54) is 0 Å². The Morgan fingerprint density at radius 2 is 1.93 bits per heavy atom. The van der Waals surface area contributed by atoms with E-state index < -0.39 is 0 Å². The molecule has 0 radical (unpaired) electrons. The topological polar surface area (TPSA) is 61.3 Å². The molecule has 2 aromatic heterocycles. The molecule has 7 nitrogen and oxygen atoms in total. The molecule has 0 aliphatic carbocycles. The van der Waals surface area contributed by atoms with Gasteiger partial charge >= 0.3 is 0 Å². The van der Waals surface area contributed by atoms with Gasteiger partial charge in [-0.15, -0.1) is 0 Å². The Labute approximate surface area is 163 Å². The second kappa shape index (κ2) is 7.15. The number of halogens is 1. The normalized spacial score (nSPS) is 16.7. The van der Waals surface area contributed by atoms with E-state index in [-0.39, 0.29) is 0 Å². The molecular formula is C19H22ClN7. The van der Waals surface area contributed by atoms with Gasteiger partial charge in [0.25, 0.3) is 0 Å². The average molecular weight is 384 g/mol. The number of fused-ring (bicyclic) bond motifs is 1. The van der Waals surface area contributed by atoms with E-state index in [0.29, 0.717) is 11.1 Å². The predicted molar refractivity (Wildman–Crippen MR) is 110 cm³/mol. The minimum atomic E-state index is 0.324. The Balaban J connectivity index is 1.51. The summed E-state index contributed by atoms with van der Waals surface area (Å²) in [5, 5.41) is 0.673.